The molecule has 0 aromatic heterocycles. The lowest BCUT2D eigenvalue weighted by molar-refractivity contribution is -0.199. The maximum absolute atomic E-state index is 11.9. The zero-order chi connectivity index (χ0) is 10.7. The first-order valence-electron chi connectivity index (χ1n) is 5.48. The van der Waals surface area contributed by atoms with Crippen LogP contribution in [0.4, 0.5) is 0 Å². The van der Waals surface area contributed by atoms with E-state index in [-0.39, 0.29) is 18.1 Å². The van der Waals surface area contributed by atoms with Crippen molar-refractivity contribution in [2.45, 2.75) is 37.9 Å². The molecule has 1 saturated carbocycles. The molecular weight excluding hydrogens is 194 g/mol. The zero-order valence-electron chi connectivity index (χ0n) is 8.70. The summed E-state index contributed by atoms with van der Waals surface area (Å²) in [5, 5.41) is 8.57. The van der Waals surface area contributed by atoms with Gasteiger partial charge in [0.1, 0.15) is 0 Å². The number of carbonyl (C=O) groups excluding carboxylic acids is 1. The van der Waals surface area contributed by atoms with Crippen LogP contribution in [0.15, 0.2) is 0 Å². The number of nitriles is 1. The van der Waals surface area contributed by atoms with Crippen molar-refractivity contribution < 1.29 is 14.3 Å². The van der Waals surface area contributed by atoms with Crippen molar-refractivity contribution >= 4 is 5.78 Å². The second-order valence-corrected chi connectivity index (χ2v) is 4.10. The summed E-state index contributed by atoms with van der Waals surface area (Å²) in [5.74, 6) is -1.12. The van der Waals surface area contributed by atoms with Crippen LogP contribution < -0.4 is 0 Å². The van der Waals surface area contributed by atoms with E-state index in [1.165, 1.54) is 0 Å². The van der Waals surface area contributed by atoms with E-state index < -0.39 is 5.79 Å². The van der Waals surface area contributed by atoms with Crippen LogP contribution in [0.3, 0.4) is 0 Å². The van der Waals surface area contributed by atoms with E-state index in [4.69, 9.17) is 14.7 Å². The van der Waals surface area contributed by atoms with Crippen LogP contribution >= 0.6 is 0 Å². The van der Waals surface area contributed by atoms with Crippen LogP contribution in [0, 0.1) is 17.2 Å². The molecule has 0 radical (unpaired) electrons. The number of ketones is 1. The third-order valence-corrected chi connectivity index (χ3v) is 3.24. The molecule has 4 heteroatoms. The quantitative estimate of drug-likeness (QED) is 0.705. The van der Waals surface area contributed by atoms with Crippen LogP contribution in [0.5, 0.6) is 0 Å². The number of nitrogens with zero attached hydrogens (tertiary/aromatic N) is 1. The smallest absolute Gasteiger partial charge is 0.233 e. The third kappa shape index (κ3) is 1.77. The molecule has 1 heterocycles. The molecule has 15 heavy (non-hydrogen) atoms. The Hall–Kier alpha value is -0.920. The monoisotopic (exact) mass is 209 g/mol. The lowest BCUT2D eigenvalue weighted by atomic mass is 9.91. The highest BCUT2D eigenvalue weighted by Crippen LogP contribution is 2.40. The topological polar surface area (TPSA) is 59.3 Å². The molecule has 0 bridgehead atoms. The Balaban J connectivity index is 2.16. The van der Waals surface area contributed by atoms with E-state index in [2.05, 4.69) is 0 Å². The summed E-state index contributed by atoms with van der Waals surface area (Å²) in [5.41, 5.74) is 0. The van der Waals surface area contributed by atoms with Gasteiger partial charge in [0.05, 0.1) is 25.7 Å². The summed E-state index contributed by atoms with van der Waals surface area (Å²) < 4.78 is 11.0. The van der Waals surface area contributed by atoms with Gasteiger partial charge in [-0.05, 0) is 12.8 Å². The fourth-order valence-corrected chi connectivity index (χ4v) is 2.55. The molecule has 1 aliphatic heterocycles. The van der Waals surface area contributed by atoms with Gasteiger partial charge >= 0.3 is 0 Å². The van der Waals surface area contributed by atoms with E-state index in [0.717, 1.165) is 25.7 Å². The predicted octanol–water partition coefficient (Wildman–Crippen LogP) is 1.40. The highest BCUT2D eigenvalue weighted by molar-refractivity contribution is 5.88. The lowest BCUT2D eigenvalue weighted by Gasteiger charge is -2.30. The molecule has 0 unspecified atom stereocenters. The molecule has 0 N–H and O–H groups in total. The van der Waals surface area contributed by atoms with E-state index in [1.807, 2.05) is 6.07 Å². The van der Waals surface area contributed by atoms with Crippen molar-refractivity contribution in [1.29, 1.82) is 5.26 Å². The maximum atomic E-state index is 11.9. The average molecular weight is 209 g/mol. The Labute approximate surface area is 89.2 Å². The minimum absolute atomic E-state index is 0.115. The van der Waals surface area contributed by atoms with Gasteiger partial charge in [0, 0.05) is 5.92 Å². The number of ether oxygens (including phenoxy) is 2. The van der Waals surface area contributed by atoms with E-state index >= 15 is 0 Å². The molecule has 0 spiro atoms. The number of rotatable bonds is 3. The van der Waals surface area contributed by atoms with Gasteiger partial charge < -0.3 is 9.47 Å². The Bertz CT molecular complexity index is 283. The summed E-state index contributed by atoms with van der Waals surface area (Å²) in [6.07, 6.45) is 4.07. The molecule has 0 aromatic carbocycles. The summed E-state index contributed by atoms with van der Waals surface area (Å²) >= 11 is 0. The van der Waals surface area contributed by atoms with Gasteiger partial charge in [0.15, 0.2) is 0 Å². The van der Waals surface area contributed by atoms with E-state index in [9.17, 15) is 4.79 Å². The van der Waals surface area contributed by atoms with Crippen LogP contribution in [0.25, 0.3) is 0 Å². The van der Waals surface area contributed by atoms with Crippen LogP contribution in [-0.2, 0) is 14.3 Å². The Morgan fingerprint density at radius 3 is 2.47 bits per heavy atom. The van der Waals surface area contributed by atoms with Crippen molar-refractivity contribution in [1.82, 2.24) is 0 Å². The summed E-state index contributed by atoms with van der Waals surface area (Å²) in [4.78, 5) is 11.9. The number of carbonyl (C=O) groups is 1. The van der Waals surface area contributed by atoms with E-state index in [0.29, 0.717) is 13.2 Å². The highest BCUT2D eigenvalue weighted by atomic mass is 16.7. The van der Waals surface area contributed by atoms with Gasteiger partial charge in [0.25, 0.3) is 0 Å². The van der Waals surface area contributed by atoms with Gasteiger partial charge in [-0.15, -0.1) is 0 Å². The average Bonchev–Trinajstić information content (AvgIpc) is 2.90. The molecule has 82 valence electrons. The minimum Gasteiger partial charge on any atom is -0.341 e. The number of hydrogen-bond acceptors (Lipinski definition) is 4. The molecule has 1 aliphatic carbocycles. The van der Waals surface area contributed by atoms with Gasteiger partial charge in [-0.2, -0.15) is 5.26 Å². The summed E-state index contributed by atoms with van der Waals surface area (Å²) in [6, 6.07) is 1.88. The number of Topliss-reactive ketones (excluding diaryl/α,β-unsaturated/α-hetero) is 1. The fraction of sp³-hybridized carbons (Fsp3) is 0.818. The molecule has 2 rings (SSSR count). The first kappa shape index (κ1) is 10.6. The molecule has 2 aliphatic rings. The second-order valence-electron chi connectivity index (χ2n) is 4.10. The molecule has 1 saturated heterocycles. The summed E-state index contributed by atoms with van der Waals surface area (Å²) in [7, 11) is 0. The molecule has 2 fully saturated rings. The lowest BCUT2D eigenvalue weighted by Crippen LogP contribution is -2.46. The van der Waals surface area contributed by atoms with Gasteiger partial charge in [-0.3, -0.25) is 4.79 Å². The molecule has 0 aromatic rings. The van der Waals surface area contributed by atoms with Crippen molar-refractivity contribution in [2.24, 2.45) is 5.92 Å². The van der Waals surface area contributed by atoms with E-state index in [1.54, 1.807) is 0 Å². The van der Waals surface area contributed by atoms with Crippen LogP contribution in [0.1, 0.15) is 32.1 Å². The van der Waals surface area contributed by atoms with Crippen molar-refractivity contribution in [3.05, 3.63) is 0 Å². The second kappa shape index (κ2) is 4.30. The Kier molecular flexibility index (Phi) is 3.03. The Morgan fingerprint density at radius 1 is 1.33 bits per heavy atom. The Morgan fingerprint density at radius 2 is 1.93 bits per heavy atom. The van der Waals surface area contributed by atoms with Crippen molar-refractivity contribution in [2.75, 3.05) is 13.2 Å². The third-order valence-electron chi connectivity index (χ3n) is 3.24. The van der Waals surface area contributed by atoms with Crippen molar-refractivity contribution in [3.8, 4) is 6.07 Å². The first-order chi connectivity index (χ1) is 7.29. The first-order valence-corrected chi connectivity index (χ1v) is 5.48. The molecule has 4 nitrogen and oxygen atoms in total. The highest BCUT2D eigenvalue weighted by Gasteiger charge is 2.50. The standard InChI is InChI=1S/C11H15NO3/c12-6-5-10(13)11(14-7-8-15-11)9-3-1-2-4-9/h9H,1-5,7-8H2. The largest absolute Gasteiger partial charge is 0.341 e. The van der Waals surface area contributed by atoms with Gasteiger partial charge in [0.2, 0.25) is 11.6 Å². The van der Waals surface area contributed by atoms with Crippen molar-refractivity contribution in [3.63, 3.8) is 0 Å². The zero-order valence-corrected chi connectivity index (χ0v) is 8.70. The fourth-order valence-electron chi connectivity index (χ4n) is 2.55. The SMILES string of the molecule is N#CCC(=O)C1(C2CCCC2)OCCO1. The van der Waals surface area contributed by atoms with Crippen LogP contribution in [-0.4, -0.2) is 24.8 Å². The predicted molar refractivity (Wildman–Crippen MR) is 51.8 cm³/mol. The minimum atomic E-state index is -1.08. The van der Waals surface area contributed by atoms with Gasteiger partial charge in [-0.25, -0.2) is 0 Å². The molecule has 0 atom stereocenters. The molecular formula is C11H15NO3. The normalized spacial score (nSPS) is 25.3. The maximum Gasteiger partial charge on any atom is 0.233 e. The van der Waals surface area contributed by atoms with Gasteiger partial charge in [-0.1, -0.05) is 12.8 Å². The molecule has 0 amide bonds. The summed E-state index contributed by atoms with van der Waals surface area (Å²) in [6.45, 7) is 0.932. The number of hydrogen-bond donors (Lipinski definition) is 0. The van der Waals surface area contributed by atoms with Crippen LogP contribution in [0.2, 0.25) is 0 Å².